The molecule has 0 aromatic heterocycles. The Labute approximate surface area is 453 Å². The van der Waals surface area contributed by atoms with E-state index in [-0.39, 0.29) is 48.4 Å². The number of rotatable bonds is 17. The van der Waals surface area contributed by atoms with Crippen LogP contribution in [0.1, 0.15) is 117 Å². The number of carbonyl (C=O) groups is 4. The fourth-order valence-electron chi connectivity index (χ4n) is 18.9. The standard InChI is InChI=1S/C43H62O5S4.C18H20O3/c1-19(17-50-24-11-26-27(12-24)32-15-30(26)38-22-7-34(40(32)38)36(9-22)49-4)42(45)47-5-6-48-43(46)20(2)18-51-37-10-23-8-35(37)41-33-16-31(39(23)41)28-13-25(14-29(28)33)52-21(3)44;1-13(19)21-17-11-7-15(8-12-17)18(2,3)14-5-9-16(20-4)10-6-14/h19-20,22-41H,5-18H2,1-4H3;5-12H,1-4H3. The van der Waals surface area contributed by atoms with Crippen molar-refractivity contribution in [3.63, 3.8) is 0 Å². The molecule has 2 aromatic rings. The molecule has 0 heterocycles. The first-order valence-electron chi connectivity index (χ1n) is 28.3. The second-order valence-electron chi connectivity index (χ2n) is 25.3. The van der Waals surface area contributed by atoms with Gasteiger partial charge in [-0.1, -0.05) is 63.7 Å². The molecule has 0 saturated heterocycles. The van der Waals surface area contributed by atoms with E-state index in [1.807, 2.05) is 73.8 Å². The van der Waals surface area contributed by atoms with Crippen LogP contribution in [-0.2, 0) is 34.1 Å². The van der Waals surface area contributed by atoms with Crippen LogP contribution in [0.5, 0.6) is 11.5 Å². The van der Waals surface area contributed by atoms with Gasteiger partial charge in [0.2, 0.25) is 0 Å². The third kappa shape index (κ3) is 10.0. The molecule has 22 atom stereocenters. The Bertz CT molecular complexity index is 2340. The number of esters is 3. The summed E-state index contributed by atoms with van der Waals surface area (Å²) in [7, 11) is 1.66. The lowest BCUT2D eigenvalue weighted by atomic mass is 9.64. The number of ether oxygens (including phenoxy) is 4. The molecule has 12 heteroatoms. The number of benzene rings is 2. The van der Waals surface area contributed by atoms with Gasteiger partial charge >= 0.3 is 17.9 Å². The summed E-state index contributed by atoms with van der Waals surface area (Å²) in [4.78, 5) is 48.5. The summed E-state index contributed by atoms with van der Waals surface area (Å²) in [5.74, 6) is 17.4. The molecule has 0 N–H and O–H groups in total. The van der Waals surface area contributed by atoms with Gasteiger partial charge in [-0.15, -0.1) is 0 Å². The van der Waals surface area contributed by atoms with E-state index in [1.165, 1.54) is 76.7 Å². The molecule has 10 saturated carbocycles. The van der Waals surface area contributed by atoms with Crippen molar-refractivity contribution >= 4 is 70.1 Å². The second kappa shape index (κ2) is 21.5. The molecule has 8 bridgehead atoms. The molecule has 10 fully saturated rings. The van der Waals surface area contributed by atoms with E-state index in [1.54, 1.807) is 25.8 Å². The van der Waals surface area contributed by atoms with Gasteiger partial charge in [0.25, 0.3) is 0 Å². The maximum absolute atomic E-state index is 12.9. The molecule has 0 amide bonds. The van der Waals surface area contributed by atoms with Gasteiger partial charge in [0.15, 0.2) is 5.12 Å². The lowest BCUT2D eigenvalue weighted by Crippen LogP contribution is -2.39. The zero-order valence-electron chi connectivity index (χ0n) is 44.6. The average molecular weight is 1070 g/mol. The van der Waals surface area contributed by atoms with Crippen molar-refractivity contribution in [3.05, 3.63) is 59.7 Å². The van der Waals surface area contributed by atoms with Crippen LogP contribution in [0.25, 0.3) is 0 Å². The monoisotopic (exact) mass is 1070 g/mol. The van der Waals surface area contributed by atoms with Crippen molar-refractivity contribution in [1.82, 2.24) is 0 Å². The van der Waals surface area contributed by atoms with Crippen molar-refractivity contribution in [2.24, 2.45) is 107 Å². The summed E-state index contributed by atoms with van der Waals surface area (Å²) < 4.78 is 21.5. The Kier molecular flexibility index (Phi) is 15.5. The molecule has 12 rings (SSSR count). The van der Waals surface area contributed by atoms with E-state index in [2.05, 4.69) is 44.0 Å². The molecule has 73 heavy (non-hydrogen) atoms. The highest BCUT2D eigenvalue weighted by Crippen LogP contribution is 2.75. The summed E-state index contributed by atoms with van der Waals surface area (Å²) in [6.07, 6.45) is 16.4. The summed E-state index contributed by atoms with van der Waals surface area (Å²) in [5, 5.41) is 3.20. The minimum Gasteiger partial charge on any atom is -0.497 e. The summed E-state index contributed by atoms with van der Waals surface area (Å²) in [6.45, 7) is 11.8. The molecule has 10 aliphatic rings. The van der Waals surface area contributed by atoms with Crippen LogP contribution in [0.15, 0.2) is 48.5 Å². The minimum atomic E-state index is -0.308. The molecule has 8 nitrogen and oxygen atoms in total. The van der Waals surface area contributed by atoms with Gasteiger partial charge in [-0.2, -0.15) is 35.3 Å². The molecule has 10 aliphatic carbocycles. The molecule has 0 radical (unpaired) electrons. The number of hydrogen-bond acceptors (Lipinski definition) is 12. The lowest BCUT2D eigenvalue weighted by molar-refractivity contribution is -0.155. The predicted octanol–water partition coefficient (Wildman–Crippen LogP) is 12.8. The number of fused-ring (bicyclic) bond motifs is 24. The van der Waals surface area contributed by atoms with Gasteiger partial charge in [0, 0.05) is 51.8 Å². The fourth-order valence-corrected chi connectivity index (χ4v) is 24.1. The molecule has 2 aromatic carbocycles. The SMILES string of the molecule is COc1ccc(C(C)(C)c2ccc(OC(C)=O)cc2)cc1.CSC1CC2CC1C1C3CC(C4CC(SCC(C)C(=O)OCCOC(=O)C(C)CSC5CC6CC5C5C7CC(C8CC(SC(C)=O)CC87)C65)CC43)C21. The van der Waals surface area contributed by atoms with E-state index in [4.69, 9.17) is 18.9 Å². The van der Waals surface area contributed by atoms with Crippen LogP contribution in [0.3, 0.4) is 0 Å². The van der Waals surface area contributed by atoms with Gasteiger partial charge in [0.05, 0.1) is 18.9 Å². The number of carbonyl (C=O) groups excluding carboxylic acids is 4. The highest BCUT2D eigenvalue weighted by atomic mass is 32.2. The van der Waals surface area contributed by atoms with Gasteiger partial charge in [-0.3, -0.25) is 19.2 Å². The van der Waals surface area contributed by atoms with Crippen LogP contribution in [0.2, 0.25) is 0 Å². The lowest BCUT2D eigenvalue weighted by Gasteiger charge is -2.43. The van der Waals surface area contributed by atoms with E-state index in [9.17, 15) is 19.2 Å². The zero-order chi connectivity index (χ0) is 51.0. The van der Waals surface area contributed by atoms with Crippen molar-refractivity contribution in [2.45, 2.75) is 132 Å². The third-order valence-electron chi connectivity index (χ3n) is 21.5. The first kappa shape index (κ1) is 52.8. The topological polar surface area (TPSA) is 105 Å². The molecule has 0 aliphatic heterocycles. The van der Waals surface area contributed by atoms with Crippen molar-refractivity contribution in [2.75, 3.05) is 38.1 Å². The summed E-state index contributed by atoms with van der Waals surface area (Å²) in [6, 6.07) is 15.7. The van der Waals surface area contributed by atoms with Crippen LogP contribution in [0.4, 0.5) is 0 Å². The molecular weight excluding hydrogens is 989 g/mol. The third-order valence-corrected chi connectivity index (χ3v) is 26.9. The smallest absolute Gasteiger partial charge is 0.309 e. The van der Waals surface area contributed by atoms with Crippen LogP contribution in [0, 0.1) is 107 Å². The first-order valence-corrected chi connectivity index (χ1v) is 32.6. The van der Waals surface area contributed by atoms with Crippen molar-refractivity contribution in [3.8, 4) is 11.5 Å². The number of methoxy groups -OCH3 is 1. The Morgan fingerprint density at radius 1 is 0.548 bits per heavy atom. The van der Waals surface area contributed by atoms with Crippen molar-refractivity contribution < 1.29 is 38.1 Å². The Hall–Kier alpha value is -2.28. The maximum atomic E-state index is 12.9. The minimum absolute atomic E-state index is 0.123. The fraction of sp³-hybridized carbons (Fsp3) is 0.738. The van der Waals surface area contributed by atoms with E-state index in [0.29, 0.717) is 26.6 Å². The highest BCUT2D eigenvalue weighted by Gasteiger charge is 2.70. The number of hydrogen-bond donors (Lipinski definition) is 0. The maximum Gasteiger partial charge on any atom is 0.309 e. The zero-order valence-corrected chi connectivity index (χ0v) is 47.9. The van der Waals surface area contributed by atoms with Crippen LogP contribution >= 0.6 is 47.0 Å². The Morgan fingerprint density at radius 2 is 1.00 bits per heavy atom. The van der Waals surface area contributed by atoms with Crippen LogP contribution in [-0.4, -0.2) is 82.1 Å². The van der Waals surface area contributed by atoms with Gasteiger partial charge < -0.3 is 18.9 Å². The van der Waals surface area contributed by atoms with Crippen molar-refractivity contribution in [1.29, 1.82) is 0 Å². The molecule has 0 spiro atoms. The second-order valence-corrected chi connectivity index (χ2v) is 30.4. The summed E-state index contributed by atoms with van der Waals surface area (Å²) >= 11 is 7.85. The van der Waals surface area contributed by atoms with E-state index >= 15 is 0 Å². The molecule has 398 valence electrons. The average Bonchev–Trinajstić information content (AvgIpc) is 4.23. The van der Waals surface area contributed by atoms with Crippen LogP contribution < -0.4 is 9.47 Å². The highest BCUT2D eigenvalue weighted by molar-refractivity contribution is 8.14. The largest absolute Gasteiger partial charge is 0.497 e. The van der Waals surface area contributed by atoms with Gasteiger partial charge in [-0.05, 0) is 201 Å². The molecular formula is C61H82O8S4. The normalized spacial score (nSPS) is 40.1. The van der Waals surface area contributed by atoms with Gasteiger partial charge in [0.1, 0.15) is 24.7 Å². The van der Waals surface area contributed by atoms with Gasteiger partial charge in [-0.25, -0.2) is 0 Å². The quantitative estimate of drug-likeness (QED) is 0.0652. The first-order chi connectivity index (χ1) is 35.1. The number of thioether (sulfide) groups is 4. The van der Waals surface area contributed by atoms with E-state index < -0.39 is 0 Å². The molecule has 22 unspecified atom stereocenters. The predicted molar refractivity (Wildman–Crippen MR) is 297 cm³/mol. The van der Waals surface area contributed by atoms with E-state index in [0.717, 1.165) is 123 Å². The Morgan fingerprint density at radius 3 is 1.48 bits per heavy atom. The Balaban J connectivity index is 0.000000230. The summed E-state index contributed by atoms with van der Waals surface area (Å²) in [5.41, 5.74) is 2.22.